The number of hydrogen-bond donors (Lipinski definition) is 3. The first kappa shape index (κ1) is 24.9. The van der Waals surface area contributed by atoms with Gasteiger partial charge in [-0.05, 0) is 42.3 Å². The Bertz CT molecular complexity index is 1090. The molecule has 31 heavy (non-hydrogen) atoms. The largest absolute Gasteiger partial charge is 0.490 e. The molecular formula is C19H18BrClF4N4O2. The first-order chi connectivity index (χ1) is 14.4. The van der Waals surface area contributed by atoms with E-state index in [2.05, 4.69) is 26.2 Å². The summed E-state index contributed by atoms with van der Waals surface area (Å²) in [6.45, 7) is 3.68. The minimum absolute atomic E-state index is 0.116. The number of anilines is 1. The maximum absolute atomic E-state index is 13.4. The zero-order valence-corrected chi connectivity index (χ0v) is 18.4. The molecule has 2 aromatic carbocycles. The van der Waals surface area contributed by atoms with Gasteiger partial charge in [0.25, 0.3) is 0 Å². The molecule has 0 unspecified atom stereocenters. The molecule has 0 spiro atoms. The molecule has 1 heterocycles. The SMILES string of the molecule is Cc1cc2nc(NCCN)n(Cc3ccc(F)c(Cl)c3)c2cc1Br.O=C(O)C(F)(F)F. The monoisotopic (exact) mass is 524 g/mol. The summed E-state index contributed by atoms with van der Waals surface area (Å²) in [5.74, 6) is -2.45. The Morgan fingerprint density at radius 2 is 1.97 bits per heavy atom. The number of fused-ring (bicyclic) bond motifs is 1. The predicted octanol–water partition coefficient (Wildman–Crippen LogP) is 4.95. The second-order valence-electron chi connectivity index (χ2n) is 6.38. The lowest BCUT2D eigenvalue weighted by Gasteiger charge is -2.11. The van der Waals surface area contributed by atoms with E-state index < -0.39 is 18.0 Å². The van der Waals surface area contributed by atoms with Crippen molar-refractivity contribution in [2.24, 2.45) is 5.73 Å². The molecule has 0 amide bonds. The molecule has 0 bridgehead atoms. The summed E-state index contributed by atoms with van der Waals surface area (Å²) in [6, 6.07) is 8.81. The van der Waals surface area contributed by atoms with E-state index in [1.807, 2.05) is 23.6 Å². The zero-order chi connectivity index (χ0) is 23.3. The Balaban J connectivity index is 0.000000423. The van der Waals surface area contributed by atoms with Crippen LogP contribution in [0.5, 0.6) is 0 Å². The molecular weight excluding hydrogens is 508 g/mol. The van der Waals surface area contributed by atoms with Crippen LogP contribution in [-0.2, 0) is 11.3 Å². The van der Waals surface area contributed by atoms with Crippen LogP contribution < -0.4 is 11.1 Å². The Labute approximate surface area is 188 Å². The van der Waals surface area contributed by atoms with Gasteiger partial charge in [0.15, 0.2) is 0 Å². The van der Waals surface area contributed by atoms with Crippen LogP contribution in [0.1, 0.15) is 11.1 Å². The van der Waals surface area contributed by atoms with Crippen LogP contribution in [0.15, 0.2) is 34.8 Å². The molecule has 0 saturated carbocycles. The van der Waals surface area contributed by atoms with Crippen molar-refractivity contribution in [1.29, 1.82) is 0 Å². The van der Waals surface area contributed by atoms with Crippen molar-refractivity contribution >= 4 is 50.5 Å². The van der Waals surface area contributed by atoms with Gasteiger partial charge >= 0.3 is 12.1 Å². The molecule has 0 aliphatic rings. The molecule has 3 aromatic rings. The van der Waals surface area contributed by atoms with E-state index in [4.69, 9.17) is 27.2 Å². The summed E-state index contributed by atoms with van der Waals surface area (Å²) < 4.78 is 48.2. The van der Waals surface area contributed by atoms with Crippen LogP contribution in [0.3, 0.4) is 0 Å². The number of rotatable bonds is 5. The first-order valence-corrected chi connectivity index (χ1v) is 9.95. The van der Waals surface area contributed by atoms with Gasteiger partial charge in [0.05, 0.1) is 22.6 Å². The Kier molecular flexibility index (Phi) is 8.27. The van der Waals surface area contributed by atoms with E-state index in [1.54, 1.807) is 12.1 Å². The smallest absolute Gasteiger partial charge is 0.475 e. The summed E-state index contributed by atoms with van der Waals surface area (Å²) in [6.07, 6.45) is -5.08. The highest BCUT2D eigenvalue weighted by molar-refractivity contribution is 9.10. The lowest BCUT2D eigenvalue weighted by molar-refractivity contribution is -0.192. The van der Waals surface area contributed by atoms with E-state index in [-0.39, 0.29) is 5.02 Å². The fourth-order valence-corrected chi connectivity index (χ4v) is 3.08. The number of nitrogens with one attached hydrogen (secondary N) is 1. The molecule has 3 rings (SSSR count). The van der Waals surface area contributed by atoms with Gasteiger partial charge in [0.2, 0.25) is 5.95 Å². The molecule has 0 aliphatic carbocycles. The lowest BCUT2D eigenvalue weighted by atomic mass is 10.2. The summed E-state index contributed by atoms with van der Waals surface area (Å²) in [4.78, 5) is 13.6. The molecule has 0 fully saturated rings. The number of carbonyl (C=O) groups is 1. The van der Waals surface area contributed by atoms with Crippen molar-refractivity contribution in [2.75, 3.05) is 18.4 Å². The predicted molar refractivity (Wildman–Crippen MR) is 114 cm³/mol. The van der Waals surface area contributed by atoms with Crippen LogP contribution in [0, 0.1) is 12.7 Å². The van der Waals surface area contributed by atoms with Crippen LogP contribution in [0.25, 0.3) is 11.0 Å². The molecule has 168 valence electrons. The van der Waals surface area contributed by atoms with E-state index >= 15 is 0 Å². The van der Waals surface area contributed by atoms with Crippen molar-refractivity contribution in [2.45, 2.75) is 19.6 Å². The highest BCUT2D eigenvalue weighted by Crippen LogP contribution is 2.28. The van der Waals surface area contributed by atoms with E-state index in [0.717, 1.165) is 32.6 Å². The maximum Gasteiger partial charge on any atom is 0.490 e. The van der Waals surface area contributed by atoms with Crippen molar-refractivity contribution in [3.05, 3.63) is 56.8 Å². The topological polar surface area (TPSA) is 93.2 Å². The van der Waals surface area contributed by atoms with Crippen molar-refractivity contribution in [3.8, 4) is 0 Å². The van der Waals surface area contributed by atoms with Gasteiger partial charge < -0.3 is 20.7 Å². The number of nitrogens with zero attached hydrogens (tertiary/aromatic N) is 2. The maximum atomic E-state index is 13.4. The molecule has 0 aliphatic heterocycles. The normalized spacial score (nSPS) is 11.2. The minimum Gasteiger partial charge on any atom is -0.475 e. The quantitative estimate of drug-likeness (QED) is 0.410. The number of aryl methyl sites for hydroxylation is 1. The molecule has 6 nitrogen and oxygen atoms in total. The van der Waals surface area contributed by atoms with Gasteiger partial charge in [-0.15, -0.1) is 0 Å². The van der Waals surface area contributed by atoms with Crippen LogP contribution in [0.4, 0.5) is 23.5 Å². The summed E-state index contributed by atoms with van der Waals surface area (Å²) >= 11 is 9.47. The summed E-state index contributed by atoms with van der Waals surface area (Å²) in [7, 11) is 0. The van der Waals surface area contributed by atoms with E-state index in [0.29, 0.717) is 19.6 Å². The van der Waals surface area contributed by atoms with Crippen molar-refractivity contribution in [1.82, 2.24) is 9.55 Å². The Morgan fingerprint density at radius 3 is 2.52 bits per heavy atom. The first-order valence-electron chi connectivity index (χ1n) is 8.78. The van der Waals surface area contributed by atoms with Gasteiger partial charge in [-0.1, -0.05) is 33.6 Å². The minimum atomic E-state index is -5.08. The van der Waals surface area contributed by atoms with Crippen LogP contribution in [0.2, 0.25) is 5.02 Å². The second-order valence-corrected chi connectivity index (χ2v) is 7.64. The van der Waals surface area contributed by atoms with Crippen molar-refractivity contribution < 1.29 is 27.5 Å². The average molecular weight is 526 g/mol. The average Bonchev–Trinajstić information content (AvgIpc) is 2.99. The second kappa shape index (κ2) is 10.3. The lowest BCUT2D eigenvalue weighted by Crippen LogP contribution is -2.21. The number of nitrogens with two attached hydrogens (primary N) is 1. The van der Waals surface area contributed by atoms with Gasteiger partial charge in [0, 0.05) is 17.6 Å². The molecule has 0 radical (unpaired) electrons. The fraction of sp³-hybridized carbons (Fsp3) is 0.263. The summed E-state index contributed by atoms with van der Waals surface area (Å²) in [5.41, 5.74) is 9.47. The highest BCUT2D eigenvalue weighted by Gasteiger charge is 2.38. The van der Waals surface area contributed by atoms with Gasteiger partial charge in [0.1, 0.15) is 5.82 Å². The number of imidazole rings is 1. The van der Waals surface area contributed by atoms with Crippen LogP contribution >= 0.6 is 27.5 Å². The third-order valence-electron chi connectivity index (χ3n) is 4.02. The molecule has 0 saturated heterocycles. The number of hydrogen-bond acceptors (Lipinski definition) is 4. The van der Waals surface area contributed by atoms with E-state index in [1.165, 1.54) is 6.07 Å². The number of halogens is 6. The number of carboxylic acid groups (broad SMARTS) is 1. The third kappa shape index (κ3) is 6.55. The van der Waals surface area contributed by atoms with Gasteiger partial charge in [-0.2, -0.15) is 13.2 Å². The highest BCUT2D eigenvalue weighted by atomic mass is 79.9. The van der Waals surface area contributed by atoms with Crippen LogP contribution in [-0.4, -0.2) is 39.9 Å². The van der Waals surface area contributed by atoms with Crippen molar-refractivity contribution in [3.63, 3.8) is 0 Å². The molecule has 4 N–H and O–H groups in total. The number of aliphatic carboxylic acids is 1. The fourth-order valence-electron chi connectivity index (χ4n) is 2.55. The molecule has 0 atom stereocenters. The number of carboxylic acids is 1. The summed E-state index contributed by atoms with van der Waals surface area (Å²) in [5, 5.41) is 10.5. The number of benzene rings is 2. The van der Waals surface area contributed by atoms with Gasteiger partial charge in [-0.3, -0.25) is 0 Å². The van der Waals surface area contributed by atoms with Gasteiger partial charge in [-0.25, -0.2) is 14.2 Å². The van der Waals surface area contributed by atoms with E-state index in [9.17, 15) is 17.6 Å². The molecule has 1 aromatic heterocycles. The Hall–Kier alpha value is -2.37. The third-order valence-corrected chi connectivity index (χ3v) is 5.17. The number of aromatic nitrogens is 2. The zero-order valence-electron chi connectivity index (χ0n) is 16.1. The Morgan fingerprint density at radius 1 is 1.32 bits per heavy atom. The standard InChI is InChI=1S/C17H17BrClFN4.C2HF3O2/c1-10-6-15-16(8-12(10)18)24(17(23-15)22-5-4-21)9-11-2-3-14(20)13(19)7-11;3-2(4,5)1(6)7/h2-3,6-8H,4-5,9,21H2,1H3,(H,22,23);(H,6,7). The molecule has 12 heteroatoms. The number of alkyl halides is 3.